The third-order valence-corrected chi connectivity index (χ3v) is 4.96. The molecule has 4 nitrogen and oxygen atoms in total. The smallest absolute Gasteiger partial charge is 0.231 e. The minimum atomic E-state index is -0.320. The molecule has 3 aromatic carbocycles. The van der Waals surface area contributed by atoms with Gasteiger partial charge in [-0.05, 0) is 42.0 Å². The second-order valence-corrected chi connectivity index (χ2v) is 7.02. The van der Waals surface area contributed by atoms with E-state index in [1.165, 1.54) is 6.07 Å². The number of fused-ring (bicyclic) bond motifs is 2. The summed E-state index contributed by atoms with van der Waals surface area (Å²) in [5, 5.41) is 0. The third-order valence-electron chi connectivity index (χ3n) is 4.96. The van der Waals surface area contributed by atoms with Gasteiger partial charge < -0.3 is 14.2 Å². The number of Topliss-reactive ketones (excluding diaryl/α,β-unsaturated/α-hetero) is 1. The first-order valence-electron chi connectivity index (χ1n) is 9.54. The highest BCUT2D eigenvalue weighted by atomic mass is 19.1. The SMILES string of the molecule is O=C1/C(=C/C2=Cc3ccccc3OC2)Oc2cc(OCc3ccccc3F)ccc21. The molecule has 0 radical (unpaired) electrons. The number of hydrogen-bond donors (Lipinski definition) is 0. The van der Waals surface area contributed by atoms with Crippen LogP contribution in [0.4, 0.5) is 4.39 Å². The fourth-order valence-corrected chi connectivity index (χ4v) is 3.42. The maximum Gasteiger partial charge on any atom is 0.231 e. The molecule has 30 heavy (non-hydrogen) atoms. The van der Waals surface area contributed by atoms with Crippen molar-refractivity contribution in [3.8, 4) is 17.2 Å². The molecule has 0 amide bonds. The predicted molar refractivity (Wildman–Crippen MR) is 110 cm³/mol. The molecule has 0 N–H and O–H groups in total. The highest BCUT2D eigenvalue weighted by Crippen LogP contribution is 2.35. The Bertz CT molecular complexity index is 1210. The number of hydrogen-bond acceptors (Lipinski definition) is 4. The Balaban J connectivity index is 1.34. The summed E-state index contributed by atoms with van der Waals surface area (Å²) in [7, 11) is 0. The number of ketones is 1. The molecule has 0 bridgehead atoms. The molecule has 0 saturated carbocycles. The number of para-hydroxylation sites is 1. The van der Waals surface area contributed by atoms with E-state index < -0.39 is 0 Å². The third kappa shape index (κ3) is 3.46. The summed E-state index contributed by atoms with van der Waals surface area (Å²) in [6, 6.07) is 19.2. The summed E-state index contributed by atoms with van der Waals surface area (Å²) in [4.78, 5) is 12.7. The van der Waals surface area contributed by atoms with Crippen molar-refractivity contribution in [3.63, 3.8) is 0 Å². The van der Waals surface area contributed by atoms with Crippen LogP contribution in [0.25, 0.3) is 6.08 Å². The van der Waals surface area contributed by atoms with Crippen molar-refractivity contribution in [2.75, 3.05) is 6.61 Å². The van der Waals surface area contributed by atoms with Crippen LogP contribution in [0.15, 0.2) is 84.1 Å². The van der Waals surface area contributed by atoms with Gasteiger partial charge in [0.2, 0.25) is 5.78 Å². The Kier molecular flexibility index (Phi) is 4.56. The number of benzene rings is 3. The highest BCUT2D eigenvalue weighted by Gasteiger charge is 2.28. The molecule has 2 aliphatic heterocycles. The van der Waals surface area contributed by atoms with Crippen molar-refractivity contribution in [2.45, 2.75) is 6.61 Å². The molecule has 0 aromatic heterocycles. The van der Waals surface area contributed by atoms with Gasteiger partial charge in [0.1, 0.15) is 36.3 Å². The van der Waals surface area contributed by atoms with Gasteiger partial charge in [-0.15, -0.1) is 0 Å². The maximum atomic E-state index is 13.8. The second kappa shape index (κ2) is 7.52. The van der Waals surface area contributed by atoms with Crippen LogP contribution in [-0.4, -0.2) is 12.4 Å². The van der Waals surface area contributed by atoms with Gasteiger partial charge >= 0.3 is 0 Å². The van der Waals surface area contributed by atoms with Crippen molar-refractivity contribution in [1.82, 2.24) is 0 Å². The lowest BCUT2D eigenvalue weighted by molar-refractivity contribution is 0.101. The summed E-state index contributed by atoms with van der Waals surface area (Å²) in [5.41, 5.74) is 2.74. The van der Waals surface area contributed by atoms with Crippen molar-refractivity contribution in [2.24, 2.45) is 0 Å². The fraction of sp³-hybridized carbons (Fsp3) is 0.0800. The van der Waals surface area contributed by atoms with Crippen LogP contribution in [-0.2, 0) is 6.61 Å². The zero-order chi connectivity index (χ0) is 20.5. The Labute approximate surface area is 172 Å². The van der Waals surface area contributed by atoms with E-state index in [9.17, 15) is 9.18 Å². The topological polar surface area (TPSA) is 44.8 Å². The van der Waals surface area contributed by atoms with Gasteiger partial charge in [0.25, 0.3) is 0 Å². The van der Waals surface area contributed by atoms with E-state index in [0.717, 1.165) is 16.9 Å². The molecule has 0 spiro atoms. The molecule has 0 unspecified atom stereocenters. The van der Waals surface area contributed by atoms with Crippen molar-refractivity contribution >= 4 is 11.9 Å². The minimum absolute atomic E-state index is 0.0890. The summed E-state index contributed by atoms with van der Waals surface area (Å²) in [6.45, 7) is 0.455. The summed E-state index contributed by atoms with van der Waals surface area (Å²) < 4.78 is 31.0. The molecule has 0 saturated heterocycles. The minimum Gasteiger partial charge on any atom is -0.489 e. The second-order valence-electron chi connectivity index (χ2n) is 7.02. The standard InChI is InChI=1S/C25H17FO4/c26-21-7-3-1-6-18(21)15-28-19-9-10-20-23(13-19)30-24(25(20)27)12-16-11-17-5-2-4-8-22(17)29-14-16/h1-13H,14-15H2/b24-12-. The molecule has 5 rings (SSSR count). The van der Waals surface area contributed by atoms with E-state index >= 15 is 0 Å². The Hall–Kier alpha value is -3.86. The summed E-state index contributed by atoms with van der Waals surface area (Å²) in [6.07, 6.45) is 3.69. The Morgan fingerprint density at radius 1 is 1.00 bits per heavy atom. The normalized spacial score (nSPS) is 15.7. The van der Waals surface area contributed by atoms with E-state index in [0.29, 0.717) is 29.2 Å². The molecule has 2 aliphatic rings. The van der Waals surface area contributed by atoms with Gasteiger partial charge in [-0.1, -0.05) is 36.4 Å². The monoisotopic (exact) mass is 400 g/mol. The lowest BCUT2D eigenvalue weighted by atomic mass is 10.1. The van der Waals surface area contributed by atoms with Crippen LogP contribution >= 0.6 is 0 Å². The molecular formula is C25H17FO4. The average molecular weight is 400 g/mol. The Morgan fingerprint density at radius 3 is 2.73 bits per heavy atom. The molecule has 5 heteroatoms. The van der Waals surface area contributed by atoms with Crippen LogP contribution in [0.3, 0.4) is 0 Å². The quantitative estimate of drug-likeness (QED) is 0.555. The van der Waals surface area contributed by atoms with Crippen LogP contribution in [0, 0.1) is 5.82 Å². The molecule has 148 valence electrons. The zero-order valence-corrected chi connectivity index (χ0v) is 15.9. The van der Waals surface area contributed by atoms with Gasteiger partial charge in [0.05, 0.1) is 5.56 Å². The summed E-state index contributed by atoms with van der Waals surface area (Å²) >= 11 is 0. The maximum absolute atomic E-state index is 13.8. The van der Waals surface area contributed by atoms with Gasteiger partial charge in [0, 0.05) is 17.2 Å². The average Bonchev–Trinajstić information content (AvgIpc) is 3.07. The first kappa shape index (κ1) is 18.2. The van der Waals surface area contributed by atoms with E-state index in [-0.39, 0.29) is 24.0 Å². The van der Waals surface area contributed by atoms with Gasteiger partial charge in [-0.2, -0.15) is 0 Å². The van der Waals surface area contributed by atoms with Gasteiger partial charge in [0.15, 0.2) is 5.76 Å². The van der Waals surface area contributed by atoms with Crippen LogP contribution < -0.4 is 14.2 Å². The molecular weight excluding hydrogens is 383 g/mol. The van der Waals surface area contributed by atoms with Crippen LogP contribution in [0.1, 0.15) is 21.5 Å². The van der Waals surface area contributed by atoms with Gasteiger partial charge in [-0.3, -0.25) is 4.79 Å². The van der Waals surface area contributed by atoms with E-state index in [1.54, 1.807) is 42.5 Å². The predicted octanol–water partition coefficient (Wildman–Crippen LogP) is 5.34. The van der Waals surface area contributed by atoms with Gasteiger partial charge in [-0.25, -0.2) is 4.39 Å². The number of halogens is 1. The van der Waals surface area contributed by atoms with E-state index in [2.05, 4.69) is 0 Å². The number of rotatable bonds is 4. The lowest BCUT2D eigenvalue weighted by Gasteiger charge is -2.15. The number of carbonyl (C=O) groups excluding carboxylic acids is 1. The number of ether oxygens (including phenoxy) is 3. The zero-order valence-electron chi connectivity index (χ0n) is 15.9. The van der Waals surface area contributed by atoms with Crippen molar-refractivity contribution in [3.05, 3.63) is 107 Å². The molecule has 2 heterocycles. The molecule has 0 atom stereocenters. The van der Waals surface area contributed by atoms with E-state index in [1.807, 2.05) is 30.3 Å². The summed E-state index contributed by atoms with van der Waals surface area (Å²) in [5.74, 6) is 1.48. The van der Waals surface area contributed by atoms with Crippen molar-refractivity contribution < 1.29 is 23.4 Å². The van der Waals surface area contributed by atoms with E-state index in [4.69, 9.17) is 14.2 Å². The molecule has 3 aromatic rings. The largest absolute Gasteiger partial charge is 0.489 e. The van der Waals surface area contributed by atoms with Crippen LogP contribution in [0.2, 0.25) is 0 Å². The van der Waals surface area contributed by atoms with Crippen LogP contribution in [0.5, 0.6) is 17.2 Å². The lowest BCUT2D eigenvalue weighted by Crippen LogP contribution is -2.08. The highest BCUT2D eigenvalue weighted by molar-refractivity contribution is 6.12. The first-order chi connectivity index (χ1) is 14.7. The fourth-order valence-electron chi connectivity index (χ4n) is 3.42. The Morgan fingerprint density at radius 2 is 1.83 bits per heavy atom. The number of carbonyl (C=O) groups is 1. The molecule has 0 aliphatic carbocycles. The van der Waals surface area contributed by atoms with Crippen molar-refractivity contribution in [1.29, 1.82) is 0 Å². The first-order valence-corrected chi connectivity index (χ1v) is 9.54. The molecule has 0 fully saturated rings. The number of allylic oxidation sites excluding steroid dienone is 1.